The van der Waals surface area contributed by atoms with Crippen molar-refractivity contribution in [1.82, 2.24) is 0 Å². The van der Waals surface area contributed by atoms with Crippen LogP contribution in [0, 0.1) is 0 Å². The molecule has 0 fully saturated rings. The number of phenols is 1. The summed E-state index contributed by atoms with van der Waals surface area (Å²) in [6.45, 7) is 0.950. The topological polar surface area (TPSA) is 49.8 Å². The van der Waals surface area contributed by atoms with Gasteiger partial charge in [-0.3, -0.25) is 4.90 Å². The van der Waals surface area contributed by atoms with Crippen LogP contribution >= 0.6 is 0 Å². The Morgan fingerprint density at radius 3 is 2.39 bits per heavy atom. The quantitative estimate of drug-likeness (QED) is 0.682. The first kappa shape index (κ1) is 16.9. The van der Waals surface area contributed by atoms with Crippen LogP contribution in [0.2, 0.25) is 0 Å². The van der Waals surface area contributed by atoms with Crippen molar-refractivity contribution in [1.29, 1.82) is 0 Å². The van der Waals surface area contributed by atoms with Crippen LogP contribution in [-0.2, 0) is 11.2 Å². The highest BCUT2D eigenvalue weighted by atomic mass is 16.6. The van der Waals surface area contributed by atoms with Crippen molar-refractivity contribution < 1.29 is 14.6 Å². The lowest BCUT2D eigenvalue weighted by molar-refractivity contribution is 0.150. The zero-order chi connectivity index (χ0) is 19.1. The van der Waals surface area contributed by atoms with Crippen LogP contribution in [0.5, 0.6) is 5.75 Å². The van der Waals surface area contributed by atoms with Gasteiger partial charge in [-0.25, -0.2) is 4.79 Å². The van der Waals surface area contributed by atoms with Crippen molar-refractivity contribution >= 4 is 11.8 Å². The molecule has 1 aliphatic carbocycles. The highest BCUT2D eigenvalue weighted by Crippen LogP contribution is 2.44. The largest absolute Gasteiger partial charge is 0.508 e. The van der Waals surface area contributed by atoms with E-state index in [1.54, 1.807) is 23.1 Å². The molecule has 1 amide bonds. The second-order valence-electron chi connectivity index (χ2n) is 7.37. The molecule has 0 spiro atoms. The molecule has 0 saturated heterocycles. The summed E-state index contributed by atoms with van der Waals surface area (Å²) in [7, 11) is 0. The highest BCUT2D eigenvalue weighted by Gasteiger charge is 2.30. The zero-order valence-electron chi connectivity index (χ0n) is 15.5. The van der Waals surface area contributed by atoms with E-state index in [1.807, 2.05) is 24.3 Å². The number of hydrogen-bond donors (Lipinski definition) is 1. The first-order valence-electron chi connectivity index (χ1n) is 9.67. The second kappa shape index (κ2) is 6.71. The van der Waals surface area contributed by atoms with Crippen molar-refractivity contribution in [2.24, 2.45) is 0 Å². The average molecular weight is 371 g/mol. The third kappa shape index (κ3) is 2.73. The molecule has 5 rings (SSSR count). The number of carbonyl (C=O) groups is 1. The summed E-state index contributed by atoms with van der Waals surface area (Å²) in [5.41, 5.74) is 6.68. The summed E-state index contributed by atoms with van der Waals surface area (Å²) in [5.74, 6) is 0.286. The molecule has 1 N–H and O–H groups in total. The number of carbonyl (C=O) groups excluding carboxylic acids is 1. The Balaban J connectivity index is 1.38. The summed E-state index contributed by atoms with van der Waals surface area (Å²) in [4.78, 5) is 14.6. The average Bonchev–Trinajstić information content (AvgIpc) is 3.05. The molecule has 0 unspecified atom stereocenters. The van der Waals surface area contributed by atoms with Gasteiger partial charge in [-0.1, -0.05) is 48.5 Å². The summed E-state index contributed by atoms with van der Waals surface area (Å²) in [5, 5.41) is 9.71. The van der Waals surface area contributed by atoms with Gasteiger partial charge in [0.2, 0.25) is 0 Å². The van der Waals surface area contributed by atoms with Gasteiger partial charge >= 0.3 is 6.09 Å². The van der Waals surface area contributed by atoms with E-state index in [-0.39, 0.29) is 17.8 Å². The molecule has 0 saturated carbocycles. The minimum Gasteiger partial charge on any atom is -0.508 e. The van der Waals surface area contributed by atoms with Gasteiger partial charge in [-0.2, -0.15) is 0 Å². The monoisotopic (exact) mass is 371 g/mol. The number of amides is 1. The number of anilines is 1. The molecule has 4 heteroatoms. The van der Waals surface area contributed by atoms with E-state index in [0.717, 1.165) is 24.1 Å². The fraction of sp³-hybridized carbons (Fsp3) is 0.208. The van der Waals surface area contributed by atoms with E-state index >= 15 is 0 Å². The van der Waals surface area contributed by atoms with E-state index < -0.39 is 0 Å². The van der Waals surface area contributed by atoms with Crippen molar-refractivity contribution in [3.05, 3.63) is 83.4 Å². The molecule has 1 heterocycles. The van der Waals surface area contributed by atoms with Crippen LogP contribution < -0.4 is 4.90 Å². The number of nitrogens with zero attached hydrogens (tertiary/aromatic N) is 1. The molecule has 0 radical (unpaired) electrons. The van der Waals surface area contributed by atoms with Gasteiger partial charge in [0.05, 0.1) is 5.69 Å². The lowest BCUT2D eigenvalue weighted by Crippen LogP contribution is -2.36. The standard InChI is InChI=1S/C24H21NO3/c26-17-11-12-23-16(14-17)6-5-13-25(23)24(27)28-15-22-20-9-3-1-7-18(20)19-8-2-4-10-21(19)22/h1-4,7-12,14,22,26H,5-6,13,15H2. The minimum absolute atomic E-state index is 0.0560. The van der Waals surface area contributed by atoms with E-state index in [2.05, 4.69) is 24.3 Å². The predicted octanol–water partition coefficient (Wildman–Crippen LogP) is 5.09. The predicted molar refractivity (Wildman–Crippen MR) is 109 cm³/mol. The Kier molecular flexibility index (Phi) is 4.05. The molecule has 3 aromatic carbocycles. The smallest absolute Gasteiger partial charge is 0.414 e. The van der Waals surface area contributed by atoms with Gasteiger partial charge in [0.15, 0.2) is 0 Å². The number of ether oxygens (including phenoxy) is 1. The summed E-state index contributed by atoms with van der Waals surface area (Å²) >= 11 is 0. The van der Waals surface area contributed by atoms with Gasteiger partial charge in [0.1, 0.15) is 12.4 Å². The Hall–Kier alpha value is -3.27. The van der Waals surface area contributed by atoms with E-state index in [0.29, 0.717) is 13.2 Å². The third-order valence-corrected chi connectivity index (χ3v) is 5.74. The third-order valence-electron chi connectivity index (χ3n) is 5.74. The number of hydrogen-bond acceptors (Lipinski definition) is 3. The second-order valence-corrected chi connectivity index (χ2v) is 7.37. The Labute approximate surface area is 164 Å². The number of phenolic OH excluding ortho intramolecular Hbond substituents is 1. The molecular weight excluding hydrogens is 350 g/mol. The van der Waals surface area contributed by atoms with Gasteiger partial charge < -0.3 is 9.84 Å². The van der Waals surface area contributed by atoms with Crippen LogP contribution in [-0.4, -0.2) is 24.4 Å². The van der Waals surface area contributed by atoms with Crippen LogP contribution in [0.3, 0.4) is 0 Å². The van der Waals surface area contributed by atoms with E-state index in [4.69, 9.17) is 4.74 Å². The highest BCUT2D eigenvalue weighted by molar-refractivity contribution is 5.89. The Morgan fingerprint density at radius 1 is 1.00 bits per heavy atom. The van der Waals surface area contributed by atoms with Crippen LogP contribution in [0.15, 0.2) is 66.7 Å². The maximum atomic E-state index is 12.9. The fourth-order valence-electron chi connectivity index (χ4n) is 4.45. The van der Waals surface area contributed by atoms with Crippen LogP contribution in [0.1, 0.15) is 29.0 Å². The molecular formula is C24H21NO3. The molecule has 0 aromatic heterocycles. The fourth-order valence-corrected chi connectivity index (χ4v) is 4.45. The zero-order valence-corrected chi connectivity index (χ0v) is 15.5. The molecule has 3 aromatic rings. The van der Waals surface area contributed by atoms with Gasteiger partial charge in [0.25, 0.3) is 0 Å². The molecule has 28 heavy (non-hydrogen) atoms. The van der Waals surface area contributed by atoms with Crippen molar-refractivity contribution in [3.63, 3.8) is 0 Å². The maximum absolute atomic E-state index is 12.9. The van der Waals surface area contributed by atoms with Gasteiger partial charge in [0, 0.05) is 12.5 Å². The number of aromatic hydroxyl groups is 1. The van der Waals surface area contributed by atoms with Gasteiger partial charge in [-0.05, 0) is 58.9 Å². The molecule has 2 aliphatic rings. The first-order valence-corrected chi connectivity index (χ1v) is 9.67. The van der Waals surface area contributed by atoms with Crippen molar-refractivity contribution in [2.75, 3.05) is 18.1 Å². The van der Waals surface area contributed by atoms with Crippen LogP contribution in [0.4, 0.5) is 10.5 Å². The number of rotatable bonds is 2. The van der Waals surface area contributed by atoms with Gasteiger partial charge in [-0.15, -0.1) is 0 Å². The number of fused-ring (bicyclic) bond motifs is 4. The Bertz CT molecular complexity index is 1010. The molecule has 4 nitrogen and oxygen atoms in total. The van der Waals surface area contributed by atoms with Crippen LogP contribution in [0.25, 0.3) is 11.1 Å². The lowest BCUT2D eigenvalue weighted by atomic mass is 9.98. The molecule has 140 valence electrons. The van der Waals surface area contributed by atoms with E-state index in [1.165, 1.54) is 22.3 Å². The molecule has 0 bridgehead atoms. The Morgan fingerprint density at radius 2 is 1.68 bits per heavy atom. The minimum atomic E-state index is -0.325. The van der Waals surface area contributed by atoms with E-state index in [9.17, 15) is 9.90 Å². The summed E-state index contributed by atoms with van der Waals surface area (Å²) in [6, 6.07) is 21.8. The van der Waals surface area contributed by atoms with Crippen molar-refractivity contribution in [3.8, 4) is 16.9 Å². The first-order chi connectivity index (χ1) is 13.7. The molecule has 0 atom stereocenters. The van der Waals surface area contributed by atoms with Crippen molar-refractivity contribution in [2.45, 2.75) is 18.8 Å². The maximum Gasteiger partial charge on any atom is 0.414 e. The number of aryl methyl sites for hydroxylation is 1. The SMILES string of the molecule is O=C(OCC1c2ccccc2-c2ccccc21)N1CCCc2cc(O)ccc21. The number of benzene rings is 3. The summed E-state index contributed by atoms with van der Waals surface area (Å²) in [6.07, 6.45) is 1.39. The lowest BCUT2D eigenvalue weighted by Gasteiger charge is -2.29. The molecule has 1 aliphatic heterocycles. The normalized spacial score (nSPS) is 14.9. The summed E-state index contributed by atoms with van der Waals surface area (Å²) < 4.78 is 5.79.